The van der Waals surface area contributed by atoms with Gasteiger partial charge < -0.3 is 10.3 Å². The van der Waals surface area contributed by atoms with Crippen molar-refractivity contribution >= 4 is 0 Å². The SMILES string of the molecule is CCCCCCCCCCCCCCCCN([O-])CCCCCCCCCCCCCCCC. The van der Waals surface area contributed by atoms with Crippen LogP contribution in [0.1, 0.15) is 194 Å². The molecule has 0 saturated heterocycles. The molecular formula is C32H66NO-. The molecule has 0 aromatic heterocycles. The Morgan fingerprint density at radius 1 is 0.294 bits per heavy atom. The number of rotatable bonds is 30. The Labute approximate surface area is 217 Å². The summed E-state index contributed by atoms with van der Waals surface area (Å²) in [7, 11) is 0. The van der Waals surface area contributed by atoms with E-state index in [9.17, 15) is 5.21 Å². The van der Waals surface area contributed by atoms with Crippen molar-refractivity contribution in [2.75, 3.05) is 13.1 Å². The van der Waals surface area contributed by atoms with Crippen LogP contribution >= 0.6 is 0 Å². The lowest BCUT2D eigenvalue weighted by molar-refractivity contribution is 0.350. The minimum atomic E-state index is 0.760. The van der Waals surface area contributed by atoms with E-state index < -0.39 is 0 Å². The second-order valence-electron chi connectivity index (χ2n) is 11.1. The van der Waals surface area contributed by atoms with Gasteiger partial charge in [-0.2, -0.15) is 0 Å². The predicted molar refractivity (Wildman–Crippen MR) is 156 cm³/mol. The summed E-state index contributed by atoms with van der Waals surface area (Å²) >= 11 is 0. The third-order valence-electron chi connectivity index (χ3n) is 7.52. The highest BCUT2D eigenvalue weighted by molar-refractivity contribution is 4.59. The standard InChI is InChI=1S/C32H66NO/c1-3-5-7-9-11-13-15-17-19-21-23-25-27-29-31-33(34)32-30-28-26-24-22-20-18-16-14-12-10-8-6-4-2/h3-32H2,1-2H3/q-1. The van der Waals surface area contributed by atoms with Crippen molar-refractivity contribution in [3.63, 3.8) is 0 Å². The molecule has 2 heteroatoms. The first-order valence-electron chi connectivity index (χ1n) is 16.2. The minimum Gasteiger partial charge on any atom is -0.785 e. The van der Waals surface area contributed by atoms with Gasteiger partial charge in [0.25, 0.3) is 0 Å². The second-order valence-corrected chi connectivity index (χ2v) is 11.1. The van der Waals surface area contributed by atoms with Crippen molar-refractivity contribution in [1.82, 2.24) is 5.06 Å². The molecule has 0 aliphatic heterocycles. The Bertz CT molecular complexity index is 314. The molecule has 0 fully saturated rings. The van der Waals surface area contributed by atoms with Gasteiger partial charge in [-0.1, -0.05) is 181 Å². The van der Waals surface area contributed by atoms with Gasteiger partial charge in [0.15, 0.2) is 0 Å². The van der Waals surface area contributed by atoms with E-state index in [1.165, 1.54) is 172 Å². The third-order valence-corrected chi connectivity index (χ3v) is 7.52. The van der Waals surface area contributed by atoms with Crippen LogP contribution in [-0.4, -0.2) is 18.2 Å². The predicted octanol–water partition coefficient (Wildman–Crippen LogP) is 11.7. The average molecular weight is 481 g/mol. The molecule has 0 rings (SSSR count). The smallest absolute Gasteiger partial charge is 0.0145 e. The molecule has 0 aliphatic rings. The quantitative estimate of drug-likeness (QED) is 0.0754. The van der Waals surface area contributed by atoms with Gasteiger partial charge >= 0.3 is 0 Å². The normalized spacial score (nSPS) is 11.6. The zero-order valence-corrected chi connectivity index (χ0v) is 24.1. The van der Waals surface area contributed by atoms with Crippen molar-refractivity contribution in [1.29, 1.82) is 0 Å². The number of hydrogen-bond donors (Lipinski definition) is 0. The van der Waals surface area contributed by atoms with Gasteiger partial charge in [-0.3, -0.25) is 0 Å². The Kier molecular flexibility index (Phi) is 30.9. The van der Waals surface area contributed by atoms with E-state index in [0.717, 1.165) is 25.9 Å². The van der Waals surface area contributed by atoms with E-state index >= 15 is 0 Å². The maximum absolute atomic E-state index is 12.0. The first kappa shape index (κ1) is 33.9. The molecule has 0 bridgehead atoms. The first-order valence-corrected chi connectivity index (χ1v) is 16.2. The van der Waals surface area contributed by atoms with Crippen LogP contribution in [0, 0.1) is 5.21 Å². The Morgan fingerprint density at radius 2 is 0.471 bits per heavy atom. The fraction of sp³-hybridized carbons (Fsp3) is 1.00. The summed E-state index contributed by atoms with van der Waals surface area (Å²) in [6, 6.07) is 0. The van der Waals surface area contributed by atoms with Crippen LogP contribution in [-0.2, 0) is 0 Å². The fourth-order valence-electron chi connectivity index (χ4n) is 5.08. The molecule has 34 heavy (non-hydrogen) atoms. The summed E-state index contributed by atoms with van der Waals surface area (Å²) in [5, 5.41) is 13.3. The van der Waals surface area contributed by atoms with Crippen LogP contribution in [0.2, 0.25) is 0 Å². The number of hydrogen-bond acceptors (Lipinski definition) is 2. The monoisotopic (exact) mass is 481 g/mol. The fourth-order valence-corrected chi connectivity index (χ4v) is 5.08. The van der Waals surface area contributed by atoms with Crippen LogP contribution < -0.4 is 0 Å². The maximum atomic E-state index is 12.0. The Hall–Kier alpha value is -0.0800. The maximum Gasteiger partial charge on any atom is -0.0145 e. The lowest BCUT2D eigenvalue weighted by Gasteiger charge is -2.28. The molecule has 0 unspecified atom stereocenters. The number of hydroxylamine groups is 2. The van der Waals surface area contributed by atoms with Gasteiger partial charge in [-0.05, 0) is 25.9 Å². The first-order chi connectivity index (χ1) is 16.8. The van der Waals surface area contributed by atoms with E-state index in [1.54, 1.807) is 0 Å². The zero-order chi connectivity index (χ0) is 24.8. The van der Waals surface area contributed by atoms with E-state index in [-0.39, 0.29) is 0 Å². The van der Waals surface area contributed by atoms with Gasteiger partial charge in [0.2, 0.25) is 0 Å². The molecule has 0 spiro atoms. The molecule has 0 aromatic carbocycles. The largest absolute Gasteiger partial charge is 0.785 e. The van der Waals surface area contributed by atoms with E-state index in [1.807, 2.05) is 0 Å². The van der Waals surface area contributed by atoms with Crippen LogP contribution in [0.15, 0.2) is 0 Å². The van der Waals surface area contributed by atoms with Crippen LogP contribution in [0.3, 0.4) is 0 Å². The third kappa shape index (κ3) is 30.0. The second kappa shape index (κ2) is 31.0. The number of unbranched alkanes of at least 4 members (excludes halogenated alkanes) is 26. The van der Waals surface area contributed by atoms with E-state index in [2.05, 4.69) is 13.8 Å². The molecule has 0 heterocycles. The van der Waals surface area contributed by atoms with Gasteiger partial charge in [0.1, 0.15) is 0 Å². The summed E-state index contributed by atoms with van der Waals surface area (Å²) < 4.78 is 0. The zero-order valence-electron chi connectivity index (χ0n) is 24.1. The Balaban J connectivity index is 3.13. The molecule has 0 radical (unpaired) electrons. The molecule has 0 amide bonds. The van der Waals surface area contributed by atoms with Crippen LogP contribution in [0.4, 0.5) is 0 Å². The van der Waals surface area contributed by atoms with Crippen molar-refractivity contribution in [2.24, 2.45) is 0 Å². The molecule has 0 saturated carbocycles. The minimum absolute atomic E-state index is 0.760. The molecule has 2 nitrogen and oxygen atoms in total. The molecule has 0 atom stereocenters. The molecule has 0 aliphatic carbocycles. The summed E-state index contributed by atoms with van der Waals surface area (Å²) in [5.41, 5.74) is 0. The van der Waals surface area contributed by atoms with Gasteiger partial charge in [0.05, 0.1) is 0 Å². The molecule has 0 N–H and O–H groups in total. The average Bonchev–Trinajstić information content (AvgIpc) is 2.84. The summed E-state index contributed by atoms with van der Waals surface area (Å²) in [4.78, 5) is 0. The van der Waals surface area contributed by atoms with Crippen LogP contribution in [0.25, 0.3) is 0 Å². The van der Waals surface area contributed by atoms with Crippen molar-refractivity contribution in [3.8, 4) is 0 Å². The lowest BCUT2D eigenvalue weighted by atomic mass is 10.0. The summed E-state index contributed by atoms with van der Waals surface area (Å²) in [6.07, 6.45) is 38.6. The molecular weight excluding hydrogens is 414 g/mol. The van der Waals surface area contributed by atoms with Crippen molar-refractivity contribution in [2.45, 2.75) is 194 Å². The van der Waals surface area contributed by atoms with Gasteiger partial charge in [-0.25, -0.2) is 0 Å². The summed E-state index contributed by atoms with van der Waals surface area (Å²) in [6.45, 7) is 6.10. The van der Waals surface area contributed by atoms with E-state index in [0.29, 0.717) is 0 Å². The highest BCUT2D eigenvalue weighted by Crippen LogP contribution is 2.14. The summed E-state index contributed by atoms with van der Waals surface area (Å²) in [5.74, 6) is 0. The Morgan fingerprint density at radius 3 is 0.676 bits per heavy atom. The molecule has 206 valence electrons. The highest BCUT2D eigenvalue weighted by Gasteiger charge is 1.97. The lowest BCUT2D eigenvalue weighted by Crippen LogP contribution is -2.18. The van der Waals surface area contributed by atoms with Gasteiger partial charge in [-0.15, -0.1) is 0 Å². The topological polar surface area (TPSA) is 26.3 Å². The van der Waals surface area contributed by atoms with E-state index in [4.69, 9.17) is 0 Å². The molecule has 0 aromatic rings. The van der Waals surface area contributed by atoms with Crippen LogP contribution in [0.5, 0.6) is 0 Å². The van der Waals surface area contributed by atoms with Crippen molar-refractivity contribution in [3.05, 3.63) is 5.21 Å². The number of nitrogens with zero attached hydrogens (tertiary/aromatic N) is 1. The van der Waals surface area contributed by atoms with Crippen molar-refractivity contribution < 1.29 is 0 Å². The highest BCUT2D eigenvalue weighted by atomic mass is 16.5. The van der Waals surface area contributed by atoms with Gasteiger partial charge in [0, 0.05) is 0 Å².